The maximum atomic E-state index is 13.4. The summed E-state index contributed by atoms with van der Waals surface area (Å²) in [6.45, 7) is 2.02. The van der Waals surface area contributed by atoms with Gasteiger partial charge >= 0.3 is 5.97 Å². The molecule has 180 valence electrons. The van der Waals surface area contributed by atoms with Gasteiger partial charge in [-0.05, 0) is 56.4 Å². The lowest BCUT2D eigenvalue weighted by molar-refractivity contribution is -0.115. The molecule has 0 saturated heterocycles. The molecule has 7 nitrogen and oxygen atoms in total. The minimum Gasteiger partial charge on any atom is -0.462 e. The fourth-order valence-corrected chi connectivity index (χ4v) is 6.77. The van der Waals surface area contributed by atoms with Gasteiger partial charge in [0.2, 0.25) is 5.91 Å². The van der Waals surface area contributed by atoms with E-state index in [0.717, 1.165) is 53.4 Å². The van der Waals surface area contributed by atoms with Gasteiger partial charge in [0.05, 0.1) is 33.9 Å². The second kappa shape index (κ2) is 10.8. The second-order valence-electron chi connectivity index (χ2n) is 7.74. The van der Waals surface area contributed by atoms with Crippen LogP contribution in [0, 0.1) is 5.82 Å². The van der Waals surface area contributed by atoms with E-state index in [9.17, 15) is 18.8 Å². The third kappa shape index (κ3) is 5.42. The van der Waals surface area contributed by atoms with E-state index in [0.29, 0.717) is 20.1 Å². The quantitative estimate of drug-likeness (QED) is 0.469. The summed E-state index contributed by atoms with van der Waals surface area (Å²) in [5.74, 6) is -1.33. The Morgan fingerprint density at radius 3 is 2.79 bits per heavy atom. The SMILES string of the molecule is CCOC(=O)c1c(NC(=O)CSCC(=O)N=c2sc3cc(F)ccc3n2C)sc2c1CCCC2. The minimum atomic E-state index is -0.407. The van der Waals surface area contributed by atoms with Crippen LogP contribution in [0.15, 0.2) is 23.2 Å². The summed E-state index contributed by atoms with van der Waals surface area (Å²) in [7, 11) is 1.77. The molecule has 3 aromatic rings. The highest BCUT2D eigenvalue weighted by atomic mass is 32.2. The van der Waals surface area contributed by atoms with Crippen molar-refractivity contribution in [2.24, 2.45) is 12.0 Å². The molecule has 1 aliphatic rings. The normalized spacial score (nSPS) is 13.7. The predicted octanol–water partition coefficient (Wildman–Crippen LogP) is 4.30. The number of thiazole rings is 1. The number of hydrogen-bond acceptors (Lipinski definition) is 7. The van der Waals surface area contributed by atoms with E-state index >= 15 is 0 Å². The highest BCUT2D eigenvalue weighted by Gasteiger charge is 2.27. The number of fused-ring (bicyclic) bond motifs is 2. The molecule has 0 aliphatic heterocycles. The number of thioether (sulfide) groups is 1. The summed E-state index contributed by atoms with van der Waals surface area (Å²) < 4.78 is 21.1. The molecule has 0 fully saturated rings. The van der Waals surface area contributed by atoms with Crippen LogP contribution in [0.1, 0.15) is 40.6 Å². The Labute approximate surface area is 208 Å². The Kier molecular flexibility index (Phi) is 7.84. The van der Waals surface area contributed by atoms with Gasteiger partial charge < -0.3 is 14.6 Å². The average Bonchev–Trinajstić information content (AvgIpc) is 3.30. The molecule has 2 amide bonds. The van der Waals surface area contributed by atoms with Crippen LogP contribution in [0.25, 0.3) is 10.2 Å². The molecular formula is C23H24FN3O4S3. The van der Waals surface area contributed by atoms with Crippen molar-refractivity contribution in [2.45, 2.75) is 32.6 Å². The number of benzene rings is 1. The van der Waals surface area contributed by atoms with E-state index in [1.54, 1.807) is 24.6 Å². The number of carbonyl (C=O) groups is 3. The van der Waals surface area contributed by atoms with Crippen LogP contribution < -0.4 is 10.1 Å². The maximum absolute atomic E-state index is 13.4. The van der Waals surface area contributed by atoms with Crippen LogP contribution >= 0.6 is 34.4 Å². The number of aryl methyl sites for hydroxylation is 2. The van der Waals surface area contributed by atoms with Crippen LogP contribution in [-0.2, 0) is 34.2 Å². The first kappa shape index (κ1) is 24.6. The highest BCUT2D eigenvalue weighted by Crippen LogP contribution is 2.38. The second-order valence-corrected chi connectivity index (χ2v) is 10.8. The summed E-state index contributed by atoms with van der Waals surface area (Å²) in [6, 6.07) is 4.43. The summed E-state index contributed by atoms with van der Waals surface area (Å²) in [5, 5.41) is 3.37. The number of esters is 1. The molecule has 0 saturated carbocycles. The molecule has 1 N–H and O–H groups in total. The molecule has 11 heteroatoms. The molecule has 0 spiro atoms. The number of anilines is 1. The fraction of sp³-hybridized carbons (Fsp3) is 0.391. The van der Waals surface area contributed by atoms with Crippen molar-refractivity contribution in [1.29, 1.82) is 0 Å². The smallest absolute Gasteiger partial charge is 0.341 e. The molecule has 1 aliphatic carbocycles. The van der Waals surface area contributed by atoms with Crippen molar-refractivity contribution < 1.29 is 23.5 Å². The lowest BCUT2D eigenvalue weighted by atomic mass is 9.95. The van der Waals surface area contributed by atoms with Crippen LogP contribution in [0.3, 0.4) is 0 Å². The largest absolute Gasteiger partial charge is 0.462 e. The predicted molar refractivity (Wildman–Crippen MR) is 134 cm³/mol. The molecule has 2 aromatic heterocycles. The van der Waals surface area contributed by atoms with Crippen LogP contribution in [0.4, 0.5) is 9.39 Å². The van der Waals surface area contributed by atoms with Crippen molar-refractivity contribution in [3.8, 4) is 0 Å². The lowest BCUT2D eigenvalue weighted by Gasteiger charge is -2.12. The van der Waals surface area contributed by atoms with Gasteiger partial charge in [-0.3, -0.25) is 9.59 Å². The standard InChI is InChI=1S/C23H24FN3O4S3/c1-3-31-22(30)20-14-6-4-5-7-16(14)33-21(20)25-18(28)11-32-12-19(29)26-23-27(2)15-9-8-13(24)10-17(15)34-23/h8-10H,3-7,11-12H2,1-2H3,(H,25,28). The highest BCUT2D eigenvalue weighted by molar-refractivity contribution is 8.00. The van der Waals surface area contributed by atoms with Crippen molar-refractivity contribution in [3.63, 3.8) is 0 Å². The number of amides is 2. The monoisotopic (exact) mass is 521 g/mol. The Balaban J connectivity index is 1.38. The molecule has 0 bridgehead atoms. The van der Waals surface area contributed by atoms with E-state index in [4.69, 9.17) is 4.74 Å². The summed E-state index contributed by atoms with van der Waals surface area (Å²) in [4.78, 5) is 43.1. The Morgan fingerprint density at radius 1 is 1.21 bits per heavy atom. The number of ether oxygens (including phenoxy) is 1. The van der Waals surface area contributed by atoms with Crippen molar-refractivity contribution in [3.05, 3.63) is 44.8 Å². The number of hydrogen-bond donors (Lipinski definition) is 1. The number of carbonyl (C=O) groups excluding carboxylic acids is 3. The minimum absolute atomic E-state index is 0.0295. The van der Waals surface area contributed by atoms with Crippen LogP contribution in [0.2, 0.25) is 0 Å². The third-order valence-electron chi connectivity index (χ3n) is 5.35. The summed E-state index contributed by atoms with van der Waals surface area (Å²) in [5.41, 5.74) is 2.25. The Bertz CT molecular complexity index is 1320. The number of rotatable bonds is 7. The number of nitrogens with zero attached hydrogens (tertiary/aromatic N) is 2. The first-order valence-electron chi connectivity index (χ1n) is 10.9. The molecule has 34 heavy (non-hydrogen) atoms. The number of aromatic nitrogens is 1. The third-order valence-corrected chi connectivity index (χ3v) is 8.57. The summed E-state index contributed by atoms with van der Waals surface area (Å²) in [6.07, 6.45) is 3.78. The van der Waals surface area contributed by atoms with E-state index < -0.39 is 5.97 Å². The Hall–Kier alpha value is -2.50. The van der Waals surface area contributed by atoms with Crippen LogP contribution in [-0.4, -0.2) is 40.5 Å². The van der Waals surface area contributed by atoms with Gasteiger partial charge in [0.1, 0.15) is 10.8 Å². The van der Waals surface area contributed by atoms with Gasteiger partial charge in [-0.15, -0.1) is 23.1 Å². The number of nitrogens with one attached hydrogen (secondary N) is 1. The lowest BCUT2D eigenvalue weighted by Crippen LogP contribution is -2.18. The van der Waals surface area contributed by atoms with Crippen molar-refractivity contribution in [2.75, 3.05) is 23.4 Å². The van der Waals surface area contributed by atoms with Crippen LogP contribution in [0.5, 0.6) is 0 Å². The molecule has 4 rings (SSSR count). The molecule has 2 heterocycles. The first-order chi connectivity index (χ1) is 16.4. The van der Waals surface area contributed by atoms with Gasteiger partial charge in [-0.1, -0.05) is 11.3 Å². The zero-order chi connectivity index (χ0) is 24.2. The zero-order valence-corrected chi connectivity index (χ0v) is 21.3. The van der Waals surface area contributed by atoms with Crippen molar-refractivity contribution >= 4 is 67.4 Å². The molecule has 0 atom stereocenters. The maximum Gasteiger partial charge on any atom is 0.341 e. The molecule has 0 unspecified atom stereocenters. The van der Waals surface area contributed by atoms with Crippen molar-refractivity contribution in [1.82, 2.24) is 4.57 Å². The molecule has 1 aromatic carbocycles. The summed E-state index contributed by atoms with van der Waals surface area (Å²) >= 11 is 3.82. The van der Waals surface area contributed by atoms with Gasteiger partial charge in [0.25, 0.3) is 5.91 Å². The number of halogens is 1. The Morgan fingerprint density at radius 2 is 2.00 bits per heavy atom. The molecule has 0 radical (unpaired) electrons. The van der Waals surface area contributed by atoms with Gasteiger partial charge in [-0.2, -0.15) is 4.99 Å². The van der Waals surface area contributed by atoms with E-state index in [2.05, 4.69) is 10.3 Å². The van der Waals surface area contributed by atoms with E-state index in [1.165, 1.54) is 34.8 Å². The zero-order valence-electron chi connectivity index (χ0n) is 18.8. The van der Waals surface area contributed by atoms with Gasteiger partial charge in [0, 0.05) is 11.9 Å². The molecular weight excluding hydrogens is 497 g/mol. The van der Waals surface area contributed by atoms with E-state index in [-0.39, 0.29) is 35.7 Å². The topological polar surface area (TPSA) is 89.8 Å². The van der Waals surface area contributed by atoms with E-state index in [1.807, 2.05) is 0 Å². The van der Waals surface area contributed by atoms with Gasteiger partial charge in [-0.25, -0.2) is 9.18 Å². The number of thiophene rings is 1. The first-order valence-corrected chi connectivity index (χ1v) is 13.7. The fourth-order valence-electron chi connectivity index (χ4n) is 3.82. The van der Waals surface area contributed by atoms with Gasteiger partial charge in [0.15, 0.2) is 4.80 Å². The average molecular weight is 522 g/mol.